The molecule has 0 spiro atoms. The topological polar surface area (TPSA) is 56.8 Å². The van der Waals surface area contributed by atoms with Crippen LogP contribution in [0.4, 0.5) is 0 Å². The van der Waals surface area contributed by atoms with Gasteiger partial charge in [-0.3, -0.25) is 4.79 Å². The van der Waals surface area contributed by atoms with Gasteiger partial charge in [0.05, 0.1) is 26.2 Å². The molecule has 192 valence electrons. The second-order valence-electron chi connectivity index (χ2n) is 10.7. The van der Waals surface area contributed by atoms with Crippen LogP contribution in [0.1, 0.15) is 66.9 Å². The Hall–Kier alpha value is -2.99. The number of benzene rings is 2. The SMILES string of the molecule is COc1cc2c(cc1-c1ccc(C(=O)NCCc3cccc(OC)c3OC)s1)C(C)(C)CCC2(C)C. The summed E-state index contributed by atoms with van der Waals surface area (Å²) in [6, 6.07) is 14.2. The first kappa shape index (κ1) is 26.1. The maximum atomic E-state index is 12.9. The van der Waals surface area contributed by atoms with Crippen molar-refractivity contribution in [2.45, 2.75) is 57.8 Å². The van der Waals surface area contributed by atoms with Gasteiger partial charge in [0.1, 0.15) is 5.75 Å². The summed E-state index contributed by atoms with van der Waals surface area (Å²) in [5.41, 5.74) is 5.00. The van der Waals surface area contributed by atoms with Gasteiger partial charge >= 0.3 is 0 Å². The normalized spacial score (nSPS) is 15.6. The number of methoxy groups -OCH3 is 3. The number of rotatable bonds is 8. The van der Waals surface area contributed by atoms with Gasteiger partial charge in [0, 0.05) is 17.0 Å². The molecule has 1 aromatic heterocycles. The van der Waals surface area contributed by atoms with Crippen molar-refractivity contribution in [2.75, 3.05) is 27.9 Å². The molecule has 4 rings (SSSR count). The fourth-order valence-electron chi connectivity index (χ4n) is 5.11. The predicted octanol–water partition coefficient (Wildman–Crippen LogP) is 6.76. The van der Waals surface area contributed by atoms with E-state index in [2.05, 4.69) is 45.1 Å². The van der Waals surface area contributed by atoms with Crippen molar-refractivity contribution in [3.05, 3.63) is 64.0 Å². The smallest absolute Gasteiger partial charge is 0.261 e. The molecule has 0 saturated heterocycles. The van der Waals surface area contributed by atoms with Crippen molar-refractivity contribution >= 4 is 17.2 Å². The Morgan fingerprint density at radius 2 is 1.56 bits per heavy atom. The molecule has 5 nitrogen and oxygen atoms in total. The molecule has 2 aromatic carbocycles. The van der Waals surface area contributed by atoms with Crippen LogP contribution in [0, 0.1) is 0 Å². The lowest BCUT2D eigenvalue weighted by Crippen LogP contribution is -2.33. The van der Waals surface area contributed by atoms with E-state index in [4.69, 9.17) is 14.2 Å². The Labute approximate surface area is 218 Å². The van der Waals surface area contributed by atoms with Crippen LogP contribution in [0.2, 0.25) is 0 Å². The second-order valence-corrected chi connectivity index (χ2v) is 11.8. The molecular weight excluding hydrogens is 470 g/mol. The zero-order valence-corrected chi connectivity index (χ0v) is 23.2. The molecule has 1 aliphatic carbocycles. The summed E-state index contributed by atoms with van der Waals surface area (Å²) in [7, 11) is 4.97. The Kier molecular flexibility index (Phi) is 7.37. The first-order valence-electron chi connectivity index (χ1n) is 12.4. The summed E-state index contributed by atoms with van der Waals surface area (Å²) < 4.78 is 16.7. The molecule has 36 heavy (non-hydrogen) atoms. The fourth-order valence-corrected chi connectivity index (χ4v) is 6.05. The van der Waals surface area contributed by atoms with Crippen molar-refractivity contribution in [3.63, 3.8) is 0 Å². The maximum Gasteiger partial charge on any atom is 0.261 e. The summed E-state index contributed by atoms with van der Waals surface area (Å²) in [5, 5.41) is 3.05. The first-order chi connectivity index (χ1) is 17.1. The number of ether oxygens (including phenoxy) is 3. The lowest BCUT2D eigenvalue weighted by molar-refractivity contribution is 0.0958. The van der Waals surface area contributed by atoms with Crippen LogP contribution in [-0.4, -0.2) is 33.8 Å². The standard InChI is InChI=1S/C30H37NO4S/c1-29(2)14-15-30(3,4)22-18-24(34-6)20(17-21(22)29)25-11-12-26(36-25)28(32)31-16-13-19-9-8-10-23(33-5)27(19)35-7/h8-12,17-18H,13-16H2,1-7H3,(H,31,32). The molecular formula is C30H37NO4S. The number of para-hydroxylation sites is 1. The van der Waals surface area contributed by atoms with Gasteiger partial charge < -0.3 is 19.5 Å². The lowest BCUT2D eigenvalue weighted by atomic mass is 9.63. The average molecular weight is 508 g/mol. The quantitative estimate of drug-likeness (QED) is 0.366. The molecule has 1 amide bonds. The van der Waals surface area contributed by atoms with Crippen LogP contribution >= 0.6 is 11.3 Å². The first-order valence-corrected chi connectivity index (χ1v) is 13.2. The third-order valence-electron chi connectivity index (χ3n) is 7.43. The number of amides is 1. The zero-order valence-electron chi connectivity index (χ0n) is 22.4. The van der Waals surface area contributed by atoms with E-state index < -0.39 is 0 Å². The van der Waals surface area contributed by atoms with Gasteiger partial charge in [-0.05, 0) is 77.1 Å². The molecule has 0 saturated carbocycles. The van der Waals surface area contributed by atoms with E-state index >= 15 is 0 Å². The van der Waals surface area contributed by atoms with E-state index in [1.165, 1.54) is 22.5 Å². The highest BCUT2D eigenvalue weighted by Gasteiger charge is 2.38. The molecule has 1 N–H and O–H groups in total. The Morgan fingerprint density at radius 1 is 0.889 bits per heavy atom. The summed E-state index contributed by atoms with van der Waals surface area (Å²) in [6.45, 7) is 9.77. The number of carbonyl (C=O) groups is 1. The molecule has 6 heteroatoms. The van der Waals surface area contributed by atoms with E-state index in [9.17, 15) is 4.79 Å². The Morgan fingerprint density at radius 3 is 2.19 bits per heavy atom. The summed E-state index contributed by atoms with van der Waals surface area (Å²) in [5.74, 6) is 2.18. The minimum absolute atomic E-state index is 0.0773. The number of carbonyl (C=O) groups excluding carboxylic acids is 1. The van der Waals surface area contributed by atoms with E-state index in [-0.39, 0.29) is 16.7 Å². The summed E-state index contributed by atoms with van der Waals surface area (Å²) in [4.78, 5) is 14.7. The predicted molar refractivity (Wildman–Crippen MR) is 147 cm³/mol. The van der Waals surface area contributed by atoms with Crippen LogP contribution < -0.4 is 19.5 Å². The summed E-state index contributed by atoms with van der Waals surface area (Å²) in [6.07, 6.45) is 2.95. The van der Waals surface area contributed by atoms with Crippen LogP contribution in [0.3, 0.4) is 0 Å². The van der Waals surface area contributed by atoms with Gasteiger partial charge in [-0.1, -0.05) is 39.8 Å². The van der Waals surface area contributed by atoms with Crippen molar-refractivity contribution in [2.24, 2.45) is 0 Å². The third-order valence-corrected chi connectivity index (χ3v) is 8.55. The third kappa shape index (κ3) is 4.96. The van der Waals surface area contributed by atoms with Crippen molar-refractivity contribution in [1.29, 1.82) is 0 Å². The maximum absolute atomic E-state index is 12.9. The minimum Gasteiger partial charge on any atom is -0.496 e. The molecule has 0 radical (unpaired) electrons. The van der Waals surface area contributed by atoms with E-state index in [1.54, 1.807) is 21.3 Å². The number of nitrogens with one attached hydrogen (secondary N) is 1. The van der Waals surface area contributed by atoms with Crippen LogP contribution in [0.5, 0.6) is 17.2 Å². The van der Waals surface area contributed by atoms with Crippen LogP contribution in [-0.2, 0) is 17.3 Å². The molecule has 0 bridgehead atoms. The number of thiophene rings is 1. The number of fused-ring (bicyclic) bond motifs is 1. The molecule has 0 aliphatic heterocycles. The van der Waals surface area contributed by atoms with Crippen molar-refractivity contribution in [1.82, 2.24) is 5.32 Å². The highest BCUT2D eigenvalue weighted by atomic mass is 32.1. The monoisotopic (exact) mass is 507 g/mol. The van der Waals surface area contributed by atoms with Crippen LogP contribution in [0.25, 0.3) is 10.4 Å². The highest BCUT2D eigenvalue weighted by Crippen LogP contribution is 2.49. The van der Waals surface area contributed by atoms with E-state index in [0.717, 1.165) is 34.6 Å². The van der Waals surface area contributed by atoms with E-state index in [1.807, 2.05) is 30.3 Å². The lowest BCUT2D eigenvalue weighted by Gasteiger charge is -2.42. The summed E-state index contributed by atoms with van der Waals surface area (Å²) >= 11 is 1.50. The average Bonchev–Trinajstić information content (AvgIpc) is 3.36. The van der Waals surface area contributed by atoms with Gasteiger partial charge in [-0.2, -0.15) is 0 Å². The number of hydrogen-bond donors (Lipinski definition) is 1. The van der Waals surface area contributed by atoms with Gasteiger partial charge in [-0.15, -0.1) is 11.3 Å². The van der Waals surface area contributed by atoms with E-state index in [0.29, 0.717) is 29.3 Å². The Balaban J connectivity index is 1.54. The highest BCUT2D eigenvalue weighted by molar-refractivity contribution is 7.17. The van der Waals surface area contributed by atoms with Crippen LogP contribution in [0.15, 0.2) is 42.5 Å². The van der Waals surface area contributed by atoms with Gasteiger partial charge in [0.2, 0.25) is 0 Å². The number of hydrogen-bond acceptors (Lipinski definition) is 5. The molecule has 1 aliphatic rings. The Bertz CT molecular complexity index is 1260. The molecule has 0 fully saturated rings. The molecule has 1 heterocycles. The van der Waals surface area contributed by atoms with Gasteiger partial charge in [-0.25, -0.2) is 0 Å². The van der Waals surface area contributed by atoms with Gasteiger partial charge in [0.15, 0.2) is 11.5 Å². The molecule has 0 unspecified atom stereocenters. The van der Waals surface area contributed by atoms with Gasteiger partial charge in [0.25, 0.3) is 5.91 Å². The molecule has 0 atom stereocenters. The fraction of sp³-hybridized carbons (Fsp3) is 0.433. The molecule has 3 aromatic rings. The minimum atomic E-state index is -0.0773. The zero-order chi connectivity index (χ0) is 26.1. The largest absolute Gasteiger partial charge is 0.496 e. The van der Waals surface area contributed by atoms with Crippen molar-refractivity contribution < 1.29 is 19.0 Å². The van der Waals surface area contributed by atoms with Crippen molar-refractivity contribution in [3.8, 4) is 27.7 Å². The second kappa shape index (κ2) is 10.2.